The molecule has 0 N–H and O–H groups in total. The van der Waals surface area contributed by atoms with Gasteiger partial charge in [0.15, 0.2) is 24.4 Å². The van der Waals surface area contributed by atoms with Gasteiger partial charge in [-0.15, -0.1) is 0 Å². The Bertz CT molecular complexity index is 2820. The van der Waals surface area contributed by atoms with Gasteiger partial charge in [0.1, 0.15) is 35.8 Å². The number of carbonyl (C=O) groups excluding carboxylic acids is 8. The Morgan fingerprint density at radius 2 is 0.744 bits per heavy atom. The van der Waals surface area contributed by atoms with E-state index in [0.717, 1.165) is 32.6 Å². The zero-order chi connectivity index (χ0) is 60.9. The molecular formula is C62H88N8O12. The molecule has 1 fully saturated rings. The molecule has 4 amide bonds. The van der Waals surface area contributed by atoms with E-state index >= 15 is 9.59 Å². The lowest BCUT2D eigenvalue weighted by Crippen LogP contribution is -2.55. The van der Waals surface area contributed by atoms with Crippen molar-refractivity contribution in [3.05, 3.63) is 107 Å². The van der Waals surface area contributed by atoms with Crippen molar-refractivity contribution < 1.29 is 57.3 Å². The number of esters is 4. The number of amides is 4. The Kier molecular flexibility index (Phi) is 23.6. The van der Waals surface area contributed by atoms with E-state index < -0.39 is 96.1 Å². The highest BCUT2D eigenvalue weighted by atomic mass is 16.6. The molecule has 3 heterocycles. The molecule has 82 heavy (non-hydrogen) atoms. The molecule has 8 atom stereocenters. The first kappa shape index (κ1) is 65.4. The molecule has 20 heteroatoms. The van der Waals surface area contributed by atoms with Crippen LogP contribution in [0.25, 0.3) is 0 Å². The number of nitrogens with zero attached hydrogens (tertiary/aromatic N) is 8. The number of hydrogen-bond donors (Lipinski definition) is 0. The van der Waals surface area contributed by atoms with Crippen molar-refractivity contribution in [2.45, 2.75) is 183 Å². The van der Waals surface area contributed by atoms with E-state index in [2.05, 4.69) is 9.97 Å². The summed E-state index contributed by atoms with van der Waals surface area (Å²) in [4.78, 5) is 131. The van der Waals surface area contributed by atoms with Crippen LogP contribution in [0.15, 0.2) is 73.3 Å². The van der Waals surface area contributed by atoms with E-state index in [0.29, 0.717) is 24.2 Å². The molecule has 2 aromatic carbocycles. The van der Waals surface area contributed by atoms with Gasteiger partial charge in [-0.3, -0.25) is 19.2 Å². The molecule has 0 radical (unpaired) electrons. The highest BCUT2D eigenvalue weighted by Gasteiger charge is 2.43. The number of aryl methyl sites for hydroxylation is 2. The fraction of sp³-hybridized carbons (Fsp3) is 0.581. The number of imidazole rings is 2. The van der Waals surface area contributed by atoms with Crippen molar-refractivity contribution in [3.8, 4) is 0 Å². The predicted molar refractivity (Wildman–Crippen MR) is 307 cm³/mol. The number of rotatable bonds is 16. The van der Waals surface area contributed by atoms with Crippen LogP contribution in [0.4, 0.5) is 0 Å². The Labute approximate surface area is 484 Å². The lowest BCUT2D eigenvalue weighted by molar-refractivity contribution is -0.176. The molecule has 0 aliphatic carbocycles. The average Bonchev–Trinajstić information content (AvgIpc) is 4.06. The number of hydrogen-bond acceptors (Lipinski definition) is 14. The predicted octanol–water partition coefficient (Wildman–Crippen LogP) is 6.77. The maximum Gasteiger partial charge on any atom is 0.329 e. The summed E-state index contributed by atoms with van der Waals surface area (Å²) in [5.74, 6) is -5.78. The van der Waals surface area contributed by atoms with Gasteiger partial charge in [0.2, 0.25) is 0 Å². The quantitative estimate of drug-likeness (QED) is 0.0835. The minimum absolute atomic E-state index is 0.0826. The van der Waals surface area contributed by atoms with E-state index in [1.54, 1.807) is 18.5 Å². The fourth-order valence-electron chi connectivity index (χ4n) is 10.1. The Morgan fingerprint density at radius 1 is 0.427 bits per heavy atom. The maximum absolute atomic E-state index is 15.1. The van der Waals surface area contributed by atoms with Gasteiger partial charge in [-0.2, -0.15) is 0 Å². The Balaban J connectivity index is 1.60. The van der Waals surface area contributed by atoms with Gasteiger partial charge in [-0.1, -0.05) is 104 Å². The van der Waals surface area contributed by atoms with Crippen molar-refractivity contribution in [3.63, 3.8) is 0 Å². The fourth-order valence-corrected chi connectivity index (χ4v) is 10.1. The summed E-state index contributed by atoms with van der Waals surface area (Å²) < 4.78 is 28.2. The number of likely N-dealkylation sites (N-methyl/N-ethyl adjacent to an activating group) is 4. The van der Waals surface area contributed by atoms with Crippen molar-refractivity contribution in [2.75, 3.05) is 28.2 Å². The standard InChI is InChI=1S/C62H88N8O12/c1-37(2)28-49-59(75)79-42(10)56(72)66(14)52(31-40(7)8)62(78)82-54(34-47-18-17-19-48(32-47)36-70-27-25-64-44(70)12)58(74)68(16)50(29-38(3)4)60(76)80-41(9)55(71)65(13)51(30-39(5)6)61(77)81-53(57(73)67(49)15)33-45-20-22-46(23-21-45)35-69-26-24-63-43(69)11/h17-27,32,37-42,49-54H,28-31,33-36H2,1-16H3/t41-,42-,49+,50+,51+,52+,53-,54-/m1/s1. The minimum Gasteiger partial charge on any atom is -0.451 e. The van der Waals surface area contributed by atoms with E-state index in [1.165, 1.54) is 51.8 Å². The van der Waals surface area contributed by atoms with Gasteiger partial charge in [0, 0.05) is 78.9 Å². The zero-order valence-corrected chi connectivity index (χ0v) is 51.0. The van der Waals surface area contributed by atoms with Crippen LogP contribution in [0.3, 0.4) is 0 Å². The van der Waals surface area contributed by atoms with Crippen molar-refractivity contribution in [1.29, 1.82) is 0 Å². The van der Waals surface area contributed by atoms with E-state index in [4.69, 9.17) is 18.9 Å². The Morgan fingerprint density at radius 3 is 1.10 bits per heavy atom. The topological polar surface area (TPSA) is 222 Å². The van der Waals surface area contributed by atoms with Crippen LogP contribution in [-0.4, -0.2) is 163 Å². The highest BCUT2D eigenvalue weighted by Crippen LogP contribution is 2.25. The first-order valence-electron chi connectivity index (χ1n) is 28.6. The van der Waals surface area contributed by atoms with E-state index in [-0.39, 0.29) is 62.2 Å². The summed E-state index contributed by atoms with van der Waals surface area (Å²) in [6.07, 6.45) is 1.17. The van der Waals surface area contributed by atoms with Crippen molar-refractivity contribution in [1.82, 2.24) is 38.7 Å². The smallest absolute Gasteiger partial charge is 0.329 e. The largest absolute Gasteiger partial charge is 0.451 e. The van der Waals surface area contributed by atoms with Gasteiger partial charge >= 0.3 is 23.9 Å². The third kappa shape index (κ3) is 17.8. The van der Waals surface area contributed by atoms with Gasteiger partial charge in [0.25, 0.3) is 23.6 Å². The van der Waals surface area contributed by atoms with Crippen LogP contribution in [0.2, 0.25) is 0 Å². The van der Waals surface area contributed by atoms with Gasteiger partial charge in [0.05, 0.1) is 0 Å². The maximum atomic E-state index is 15.1. The van der Waals surface area contributed by atoms with Crippen LogP contribution in [0, 0.1) is 37.5 Å². The SMILES string of the molecule is Cc1nccn1Cc1ccc(C[C@H]2OC(=O)[C@H](CC(C)C)N(C)C(=O)[C@@H](C)OC(=O)[C@H](CC(C)C)N(C)C(=O)[C@@H](Cc3cccc(Cn4ccnc4C)c3)OC(=O)[C@H](CC(C)C)N(C)C(=O)[C@@H](C)OC(=O)[C@H](CC(C)C)N(C)C2=O)cc1. The number of benzene rings is 2. The lowest BCUT2D eigenvalue weighted by Gasteiger charge is -2.35. The average molecular weight is 1140 g/mol. The summed E-state index contributed by atoms with van der Waals surface area (Å²) >= 11 is 0. The number of aromatic nitrogens is 4. The van der Waals surface area contributed by atoms with Crippen LogP contribution >= 0.6 is 0 Å². The second-order valence-electron chi connectivity index (χ2n) is 23.6. The second-order valence-corrected chi connectivity index (χ2v) is 23.6. The minimum atomic E-state index is -1.54. The molecule has 20 nitrogen and oxygen atoms in total. The summed E-state index contributed by atoms with van der Waals surface area (Å²) in [6.45, 7) is 22.4. The molecule has 1 saturated heterocycles. The second kappa shape index (κ2) is 29.6. The van der Waals surface area contributed by atoms with Gasteiger partial charge < -0.3 is 47.7 Å². The summed E-state index contributed by atoms with van der Waals surface area (Å²) in [5.41, 5.74) is 3.08. The molecule has 1 aliphatic heterocycles. The molecule has 0 bridgehead atoms. The lowest BCUT2D eigenvalue weighted by atomic mass is 9.99. The highest BCUT2D eigenvalue weighted by molar-refractivity contribution is 5.94. The number of cyclic esters (lactones) is 4. The van der Waals surface area contributed by atoms with E-state index in [9.17, 15) is 28.8 Å². The third-order valence-corrected chi connectivity index (χ3v) is 14.9. The molecule has 1 aliphatic rings. The molecule has 4 aromatic rings. The third-order valence-electron chi connectivity index (χ3n) is 14.9. The van der Waals surface area contributed by atoms with E-state index in [1.807, 2.05) is 133 Å². The van der Waals surface area contributed by atoms with Crippen LogP contribution in [0.1, 0.15) is 129 Å². The molecule has 448 valence electrons. The molecule has 5 rings (SSSR count). The first-order valence-corrected chi connectivity index (χ1v) is 28.6. The first-order chi connectivity index (χ1) is 38.6. The number of ether oxygens (including phenoxy) is 4. The normalized spacial score (nSPS) is 23.0. The molecule has 2 aromatic heterocycles. The summed E-state index contributed by atoms with van der Waals surface area (Å²) in [7, 11) is 5.59. The molecule has 0 unspecified atom stereocenters. The number of carbonyl (C=O) groups is 8. The molecular weight excluding hydrogens is 1050 g/mol. The monoisotopic (exact) mass is 1140 g/mol. The van der Waals surface area contributed by atoms with Crippen LogP contribution < -0.4 is 0 Å². The van der Waals surface area contributed by atoms with Crippen molar-refractivity contribution in [2.24, 2.45) is 23.7 Å². The zero-order valence-electron chi connectivity index (χ0n) is 51.0. The Hall–Kier alpha value is -7.38. The van der Waals surface area contributed by atoms with Gasteiger partial charge in [-0.05, 0) is 99.3 Å². The van der Waals surface area contributed by atoms with Crippen molar-refractivity contribution >= 4 is 47.5 Å². The van der Waals surface area contributed by atoms with Gasteiger partial charge in [-0.25, -0.2) is 29.1 Å². The molecule has 0 saturated carbocycles. The molecule has 0 spiro atoms. The van der Waals surface area contributed by atoms with Crippen LogP contribution in [0.5, 0.6) is 0 Å². The van der Waals surface area contributed by atoms with Crippen LogP contribution in [-0.2, 0) is 83.2 Å². The summed E-state index contributed by atoms with van der Waals surface area (Å²) in [5, 5.41) is 0. The summed E-state index contributed by atoms with van der Waals surface area (Å²) in [6, 6.07) is 9.71.